The van der Waals surface area contributed by atoms with Gasteiger partial charge in [-0.1, -0.05) is 54.6 Å². The van der Waals surface area contributed by atoms with Gasteiger partial charge in [0.05, 0.1) is 28.7 Å². The molecule has 244 valence electrons. The second kappa shape index (κ2) is 11.2. The van der Waals surface area contributed by atoms with Crippen LogP contribution in [0.5, 0.6) is 0 Å². The third-order valence-corrected chi connectivity index (χ3v) is 12.8. The standard InChI is InChI=1S/C37H37N5O5Si/c1-23-34(48(2,3)46)32(17-19-40-22-25(18-20-43)38-39-40)47-37(23)29-21-27(15-16-30(29)42(36(37)45)26-11-5-4-6-12-26)41-31-14-8-10-24-9-7-13-28(33(24)31)35(41)44/h4-16,21-23,32,34,43,46H,17-20H2,1-3H3/t23-,32+,34-,37+/m0/s1. The molecule has 10 nitrogen and oxygen atoms in total. The summed E-state index contributed by atoms with van der Waals surface area (Å²) in [6.45, 7) is 6.30. The van der Waals surface area contributed by atoms with Crippen LogP contribution in [0.15, 0.2) is 91.1 Å². The van der Waals surface area contributed by atoms with Gasteiger partial charge < -0.3 is 14.6 Å². The van der Waals surface area contributed by atoms with Crippen molar-refractivity contribution in [3.63, 3.8) is 0 Å². The molecule has 1 spiro atoms. The van der Waals surface area contributed by atoms with Gasteiger partial charge in [0.1, 0.15) is 0 Å². The minimum atomic E-state index is -2.91. The molecule has 3 aliphatic heterocycles. The van der Waals surface area contributed by atoms with E-state index in [1.165, 1.54) is 0 Å². The number of ether oxygens (including phenoxy) is 1. The lowest BCUT2D eigenvalue weighted by Crippen LogP contribution is -2.45. The molecular formula is C37H37N5O5Si. The number of aromatic nitrogens is 3. The summed E-state index contributed by atoms with van der Waals surface area (Å²) >= 11 is 0. The summed E-state index contributed by atoms with van der Waals surface area (Å²) in [6.07, 6.45) is 2.29. The summed E-state index contributed by atoms with van der Waals surface area (Å²) in [6, 6.07) is 27.0. The van der Waals surface area contributed by atoms with Crippen molar-refractivity contribution >= 4 is 53.7 Å². The van der Waals surface area contributed by atoms with Gasteiger partial charge in [0, 0.05) is 59.6 Å². The van der Waals surface area contributed by atoms with E-state index < -0.39 is 20.0 Å². The van der Waals surface area contributed by atoms with Crippen molar-refractivity contribution in [2.75, 3.05) is 16.4 Å². The van der Waals surface area contributed by atoms with Crippen molar-refractivity contribution in [1.29, 1.82) is 0 Å². The number of para-hydroxylation sites is 1. The molecule has 5 aromatic rings. The van der Waals surface area contributed by atoms with Crippen molar-refractivity contribution in [3.05, 3.63) is 108 Å². The Morgan fingerprint density at radius 3 is 2.44 bits per heavy atom. The molecule has 1 saturated heterocycles. The molecule has 11 heteroatoms. The van der Waals surface area contributed by atoms with Crippen LogP contribution in [-0.4, -0.2) is 57.7 Å². The van der Waals surface area contributed by atoms with E-state index in [4.69, 9.17) is 4.74 Å². The van der Waals surface area contributed by atoms with Crippen molar-refractivity contribution in [1.82, 2.24) is 15.0 Å². The van der Waals surface area contributed by atoms with Gasteiger partial charge in [-0.2, -0.15) is 0 Å². The fourth-order valence-electron chi connectivity index (χ4n) is 8.34. The minimum Gasteiger partial charge on any atom is -0.432 e. The summed E-state index contributed by atoms with van der Waals surface area (Å²) in [7, 11) is -2.91. The van der Waals surface area contributed by atoms with Crippen LogP contribution in [0, 0.1) is 5.92 Å². The number of aryl methyl sites for hydroxylation is 1. The highest BCUT2D eigenvalue weighted by Crippen LogP contribution is 2.61. The van der Waals surface area contributed by atoms with E-state index in [2.05, 4.69) is 10.3 Å². The maximum absolute atomic E-state index is 15.0. The molecule has 2 N–H and O–H groups in total. The van der Waals surface area contributed by atoms with Crippen molar-refractivity contribution in [2.45, 2.75) is 56.7 Å². The third kappa shape index (κ3) is 4.49. The SMILES string of the molecule is C[C@H]1[C@H]([Si](C)(C)O)[C@@H](CCn2cc(CCO)nn2)O[C@]12C(=O)N(c1ccccc1)c1ccc(N3C(=O)c4cccc5cccc3c45)cc12. The van der Waals surface area contributed by atoms with E-state index in [9.17, 15) is 19.5 Å². The minimum absolute atomic E-state index is 0.0114. The van der Waals surface area contributed by atoms with E-state index in [0.717, 1.165) is 22.1 Å². The Morgan fingerprint density at radius 2 is 1.69 bits per heavy atom. The topological polar surface area (TPSA) is 121 Å². The lowest BCUT2D eigenvalue weighted by Gasteiger charge is -2.32. The van der Waals surface area contributed by atoms with E-state index in [1.54, 1.807) is 14.5 Å². The Kier molecular flexibility index (Phi) is 7.15. The summed E-state index contributed by atoms with van der Waals surface area (Å²) < 4.78 is 8.80. The van der Waals surface area contributed by atoms with Crippen LogP contribution in [-0.2, 0) is 28.1 Å². The number of hydrogen-bond acceptors (Lipinski definition) is 7. The van der Waals surface area contributed by atoms with Crippen LogP contribution in [0.25, 0.3) is 10.8 Å². The normalized spacial score (nSPS) is 23.2. The number of rotatable bonds is 8. The third-order valence-electron chi connectivity index (χ3n) is 10.3. The summed E-state index contributed by atoms with van der Waals surface area (Å²) in [5.41, 5.74) is 3.24. The number of fused-ring (bicyclic) bond motifs is 2. The lowest BCUT2D eigenvalue weighted by molar-refractivity contribution is -0.145. The highest BCUT2D eigenvalue weighted by atomic mass is 28.4. The second-order valence-corrected chi connectivity index (χ2v) is 17.6. The summed E-state index contributed by atoms with van der Waals surface area (Å²) in [5.74, 6) is -0.698. The summed E-state index contributed by atoms with van der Waals surface area (Å²) in [5, 5.41) is 19.6. The molecule has 48 heavy (non-hydrogen) atoms. The maximum atomic E-state index is 15.0. The molecule has 1 aromatic heterocycles. The molecule has 0 saturated carbocycles. The smallest absolute Gasteiger partial charge is 0.268 e. The first-order valence-electron chi connectivity index (χ1n) is 16.4. The Balaban J connectivity index is 1.25. The zero-order chi connectivity index (χ0) is 33.4. The average Bonchev–Trinajstić information content (AvgIpc) is 3.79. The Morgan fingerprint density at radius 1 is 0.917 bits per heavy atom. The number of benzene rings is 4. The van der Waals surface area contributed by atoms with Crippen molar-refractivity contribution in [2.24, 2.45) is 5.92 Å². The van der Waals surface area contributed by atoms with E-state index in [0.29, 0.717) is 47.6 Å². The molecule has 4 atom stereocenters. The van der Waals surface area contributed by atoms with Crippen LogP contribution in [0.4, 0.5) is 22.7 Å². The van der Waals surface area contributed by atoms with Gasteiger partial charge in [0.25, 0.3) is 11.8 Å². The predicted octanol–water partition coefficient (Wildman–Crippen LogP) is 5.82. The molecule has 0 radical (unpaired) electrons. The molecule has 1 fully saturated rings. The molecule has 8 rings (SSSR count). The highest BCUT2D eigenvalue weighted by Gasteiger charge is 2.66. The zero-order valence-corrected chi connectivity index (χ0v) is 28.1. The first-order valence-corrected chi connectivity index (χ1v) is 19.5. The van der Waals surface area contributed by atoms with Gasteiger partial charge in [-0.15, -0.1) is 5.10 Å². The van der Waals surface area contributed by atoms with Gasteiger partial charge in [-0.3, -0.25) is 24.1 Å². The zero-order valence-electron chi connectivity index (χ0n) is 27.1. The number of anilines is 4. The largest absolute Gasteiger partial charge is 0.432 e. The summed E-state index contributed by atoms with van der Waals surface area (Å²) in [4.78, 5) is 44.2. The van der Waals surface area contributed by atoms with Crippen LogP contribution in [0.3, 0.4) is 0 Å². The molecule has 4 aromatic carbocycles. The van der Waals surface area contributed by atoms with Gasteiger partial charge in [0.15, 0.2) is 13.9 Å². The van der Waals surface area contributed by atoms with E-state index in [-0.39, 0.29) is 29.9 Å². The first-order chi connectivity index (χ1) is 23.1. The second-order valence-electron chi connectivity index (χ2n) is 13.6. The molecular weight excluding hydrogens is 623 g/mol. The molecule has 3 aliphatic rings. The number of nitrogens with zero attached hydrogens (tertiary/aromatic N) is 5. The van der Waals surface area contributed by atoms with Crippen molar-refractivity contribution < 1.29 is 24.2 Å². The monoisotopic (exact) mass is 659 g/mol. The van der Waals surface area contributed by atoms with Crippen LogP contribution < -0.4 is 9.80 Å². The fraction of sp³-hybridized carbons (Fsp3) is 0.297. The number of carbonyl (C=O) groups excluding carboxylic acids is 2. The molecule has 2 amide bonds. The maximum Gasteiger partial charge on any atom is 0.268 e. The van der Waals surface area contributed by atoms with Gasteiger partial charge in [-0.25, -0.2) is 0 Å². The Labute approximate surface area is 279 Å². The predicted molar refractivity (Wildman–Crippen MR) is 185 cm³/mol. The number of carbonyl (C=O) groups is 2. The van der Waals surface area contributed by atoms with Gasteiger partial charge >= 0.3 is 0 Å². The van der Waals surface area contributed by atoms with E-state index in [1.807, 2.05) is 111 Å². The van der Waals surface area contributed by atoms with Crippen LogP contribution in [0.1, 0.15) is 35.0 Å². The van der Waals surface area contributed by atoms with Crippen LogP contribution in [0.2, 0.25) is 18.6 Å². The van der Waals surface area contributed by atoms with E-state index >= 15 is 0 Å². The number of hydrogen-bond donors (Lipinski definition) is 2. The molecule has 0 aliphatic carbocycles. The van der Waals surface area contributed by atoms with Crippen molar-refractivity contribution in [3.8, 4) is 0 Å². The van der Waals surface area contributed by atoms with Crippen LogP contribution >= 0.6 is 0 Å². The molecule has 4 heterocycles. The quantitative estimate of drug-likeness (QED) is 0.201. The van der Waals surface area contributed by atoms with Gasteiger partial charge in [0.2, 0.25) is 0 Å². The number of amides is 2. The van der Waals surface area contributed by atoms with Gasteiger partial charge in [-0.05, 0) is 67.4 Å². The number of aliphatic hydroxyl groups is 1. The Bertz CT molecular complexity index is 2070. The lowest BCUT2D eigenvalue weighted by atomic mass is 9.82. The molecule has 0 unspecified atom stereocenters. The average molecular weight is 660 g/mol. The Hall–Kier alpha value is -4.68. The fourth-order valence-corrected chi connectivity index (χ4v) is 10.9. The highest BCUT2D eigenvalue weighted by molar-refractivity contribution is 6.71. The molecule has 0 bridgehead atoms. The first kappa shape index (κ1) is 30.6. The number of aliphatic hydroxyl groups excluding tert-OH is 1.